The summed E-state index contributed by atoms with van der Waals surface area (Å²) in [4.78, 5) is 24.0. The Bertz CT molecular complexity index is 700. The van der Waals surface area contributed by atoms with Crippen molar-refractivity contribution in [1.82, 2.24) is 5.32 Å². The third-order valence-electron chi connectivity index (χ3n) is 6.31. The minimum Gasteiger partial charge on any atom is -0.452 e. The molecule has 0 atom stereocenters. The van der Waals surface area contributed by atoms with Crippen LogP contribution < -0.4 is 5.32 Å². The molecule has 1 amide bonds. The summed E-state index contributed by atoms with van der Waals surface area (Å²) in [5, 5.41) is 3.14. The predicted molar refractivity (Wildman–Crippen MR) is 95.3 cm³/mol. The van der Waals surface area contributed by atoms with Crippen LogP contribution in [0.5, 0.6) is 0 Å². The van der Waals surface area contributed by atoms with E-state index in [-0.39, 0.29) is 21.9 Å². The quantitative estimate of drug-likeness (QED) is 0.787. The van der Waals surface area contributed by atoms with Crippen molar-refractivity contribution >= 4 is 23.5 Å². The van der Waals surface area contributed by atoms with Crippen molar-refractivity contribution in [2.45, 2.75) is 38.5 Å². The lowest BCUT2D eigenvalue weighted by atomic mass is 9.49. The molecule has 0 radical (unpaired) electrons. The lowest BCUT2D eigenvalue weighted by molar-refractivity contribution is -0.126. The Hall–Kier alpha value is -1.62. The monoisotopic (exact) mass is 379 g/mol. The van der Waals surface area contributed by atoms with Gasteiger partial charge in [0.1, 0.15) is 5.82 Å². The highest BCUT2D eigenvalue weighted by Gasteiger charge is 2.50. The lowest BCUT2D eigenvalue weighted by Gasteiger charge is -2.56. The van der Waals surface area contributed by atoms with Crippen molar-refractivity contribution in [3.05, 3.63) is 34.6 Å². The van der Waals surface area contributed by atoms with Crippen molar-refractivity contribution in [2.75, 3.05) is 13.2 Å². The van der Waals surface area contributed by atoms with Gasteiger partial charge >= 0.3 is 5.97 Å². The van der Waals surface area contributed by atoms with Crippen molar-refractivity contribution in [1.29, 1.82) is 0 Å². The Kier molecular flexibility index (Phi) is 4.68. The van der Waals surface area contributed by atoms with Crippen LogP contribution in [0, 0.1) is 29.0 Å². The molecular formula is C20H23ClFNO3. The van der Waals surface area contributed by atoms with E-state index in [0.29, 0.717) is 6.54 Å². The zero-order chi connectivity index (χ0) is 18.3. The van der Waals surface area contributed by atoms with Crippen LogP contribution in [0.3, 0.4) is 0 Å². The Balaban J connectivity index is 1.27. The van der Waals surface area contributed by atoms with E-state index in [1.807, 2.05) is 0 Å². The van der Waals surface area contributed by atoms with E-state index in [1.165, 1.54) is 50.7 Å². The maximum Gasteiger partial charge on any atom is 0.341 e. The van der Waals surface area contributed by atoms with Crippen LogP contribution in [-0.4, -0.2) is 25.0 Å². The predicted octanol–water partition coefficient (Wildman–Crippen LogP) is 3.97. The van der Waals surface area contributed by atoms with Gasteiger partial charge < -0.3 is 10.1 Å². The van der Waals surface area contributed by atoms with Crippen molar-refractivity contribution in [2.24, 2.45) is 23.2 Å². The molecule has 0 saturated heterocycles. The summed E-state index contributed by atoms with van der Waals surface area (Å²) < 4.78 is 18.7. The fourth-order valence-electron chi connectivity index (χ4n) is 5.71. The fourth-order valence-corrected chi connectivity index (χ4v) is 5.87. The summed E-state index contributed by atoms with van der Waals surface area (Å²) in [5.41, 5.74) is 0.0137. The number of halogens is 2. The SMILES string of the molecule is O=C(COC(=O)c1ccc(Cl)cc1F)NCC12CC3CC(CC(C3)C1)C2. The fraction of sp³-hybridized carbons (Fsp3) is 0.600. The summed E-state index contributed by atoms with van der Waals surface area (Å²) in [7, 11) is 0. The van der Waals surface area contributed by atoms with E-state index in [2.05, 4.69) is 5.32 Å². The minimum absolute atomic E-state index is 0.201. The second kappa shape index (κ2) is 6.84. The first-order valence-corrected chi connectivity index (χ1v) is 9.69. The molecule has 4 aliphatic carbocycles. The van der Waals surface area contributed by atoms with Crippen molar-refractivity contribution in [3.8, 4) is 0 Å². The summed E-state index contributed by atoms with van der Waals surface area (Å²) >= 11 is 5.66. The van der Waals surface area contributed by atoms with Gasteiger partial charge in [-0.25, -0.2) is 9.18 Å². The molecule has 5 rings (SSSR count). The number of carbonyl (C=O) groups is 2. The highest BCUT2D eigenvalue weighted by molar-refractivity contribution is 6.30. The zero-order valence-electron chi connectivity index (χ0n) is 14.6. The minimum atomic E-state index is -0.857. The molecule has 0 heterocycles. The van der Waals surface area contributed by atoms with E-state index in [4.69, 9.17) is 16.3 Å². The zero-order valence-corrected chi connectivity index (χ0v) is 15.4. The van der Waals surface area contributed by atoms with Gasteiger partial charge in [-0.1, -0.05) is 11.6 Å². The molecule has 6 heteroatoms. The van der Waals surface area contributed by atoms with Crippen LogP contribution in [0.2, 0.25) is 5.02 Å². The second-order valence-corrected chi connectivity index (χ2v) is 8.83. The molecule has 4 aliphatic rings. The normalized spacial score (nSPS) is 31.7. The van der Waals surface area contributed by atoms with Gasteiger partial charge in [-0.3, -0.25) is 4.79 Å². The Morgan fingerprint density at radius 2 is 1.77 bits per heavy atom. The van der Waals surface area contributed by atoms with Crippen LogP contribution in [-0.2, 0) is 9.53 Å². The van der Waals surface area contributed by atoms with E-state index < -0.39 is 18.4 Å². The van der Waals surface area contributed by atoms with Crippen LogP contribution in [0.4, 0.5) is 4.39 Å². The average molecular weight is 380 g/mol. The van der Waals surface area contributed by atoms with E-state index >= 15 is 0 Å². The average Bonchev–Trinajstić information content (AvgIpc) is 2.57. The van der Waals surface area contributed by atoms with Gasteiger partial charge in [0.2, 0.25) is 0 Å². The topological polar surface area (TPSA) is 55.4 Å². The summed E-state index contributed by atoms with van der Waals surface area (Å²) in [6.45, 7) is 0.259. The number of ether oxygens (including phenoxy) is 1. The molecule has 0 spiro atoms. The highest BCUT2D eigenvalue weighted by Crippen LogP contribution is 2.59. The van der Waals surface area contributed by atoms with Gasteiger partial charge in [0.25, 0.3) is 5.91 Å². The smallest absolute Gasteiger partial charge is 0.341 e. The number of esters is 1. The molecule has 4 bridgehead atoms. The Labute approximate surface area is 157 Å². The van der Waals surface area contributed by atoms with Gasteiger partial charge in [-0.2, -0.15) is 0 Å². The van der Waals surface area contributed by atoms with Gasteiger partial charge in [0.05, 0.1) is 5.56 Å². The molecule has 0 aliphatic heterocycles. The number of hydrogen-bond acceptors (Lipinski definition) is 3. The van der Waals surface area contributed by atoms with E-state index in [0.717, 1.165) is 23.8 Å². The number of amides is 1. The largest absolute Gasteiger partial charge is 0.452 e. The Morgan fingerprint density at radius 1 is 1.15 bits per heavy atom. The number of benzene rings is 1. The number of rotatable bonds is 5. The molecule has 1 aromatic rings. The standard InChI is InChI=1S/C20H23ClFNO3/c21-15-1-2-16(17(22)6-15)19(25)26-10-18(24)23-11-20-7-12-3-13(8-20)5-14(4-12)9-20/h1-2,6,12-14H,3-5,7-11H2,(H,23,24). The maximum absolute atomic E-state index is 13.7. The summed E-state index contributed by atoms with van der Waals surface area (Å²) in [6.07, 6.45) is 7.69. The van der Waals surface area contributed by atoms with Crippen molar-refractivity contribution in [3.63, 3.8) is 0 Å². The van der Waals surface area contributed by atoms with Crippen LogP contribution >= 0.6 is 11.6 Å². The first-order chi connectivity index (χ1) is 12.4. The van der Waals surface area contributed by atoms with Crippen LogP contribution in [0.1, 0.15) is 48.9 Å². The Morgan fingerprint density at radius 3 is 2.35 bits per heavy atom. The van der Waals surface area contributed by atoms with E-state index in [1.54, 1.807) is 0 Å². The molecule has 0 aromatic heterocycles. The van der Waals surface area contributed by atoms with Gasteiger partial charge in [-0.05, 0) is 79.9 Å². The first-order valence-electron chi connectivity index (χ1n) is 9.31. The van der Waals surface area contributed by atoms with Gasteiger partial charge in [0, 0.05) is 11.6 Å². The van der Waals surface area contributed by atoms with Crippen molar-refractivity contribution < 1.29 is 18.7 Å². The number of hydrogen-bond donors (Lipinski definition) is 1. The molecule has 1 N–H and O–H groups in total. The number of carbonyl (C=O) groups excluding carboxylic acids is 2. The molecule has 140 valence electrons. The maximum atomic E-state index is 13.7. The second-order valence-electron chi connectivity index (χ2n) is 8.39. The third-order valence-corrected chi connectivity index (χ3v) is 6.55. The highest BCUT2D eigenvalue weighted by atomic mass is 35.5. The summed E-state index contributed by atoms with van der Waals surface area (Å²) in [6, 6.07) is 3.72. The van der Waals surface area contributed by atoms with Gasteiger partial charge in [0.15, 0.2) is 6.61 Å². The van der Waals surface area contributed by atoms with E-state index in [9.17, 15) is 14.0 Å². The molecule has 4 fully saturated rings. The molecular weight excluding hydrogens is 357 g/mol. The summed E-state index contributed by atoms with van der Waals surface area (Å²) in [5.74, 6) is 0.528. The molecule has 0 unspecified atom stereocenters. The van der Waals surface area contributed by atoms with Gasteiger partial charge in [-0.15, -0.1) is 0 Å². The molecule has 26 heavy (non-hydrogen) atoms. The molecule has 4 nitrogen and oxygen atoms in total. The molecule has 4 saturated carbocycles. The third kappa shape index (κ3) is 3.59. The van der Waals surface area contributed by atoms with Crippen LogP contribution in [0.15, 0.2) is 18.2 Å². The first kappa shape index (κ1) is 17.8. The number of nitrogens with one attached hydrogen (secondary N) is 1. The molecule has 1 aromatic carbocycles. The van der Waals surface area contributed by atoms with Crippen LogP contribution in [0.25, 0.3) is 0 Å². The lowest BCUT2D eigenvalue weighted by Crippen LogP contribution is -2.51.